The molecule has 1 aromatic carbocycles. The molecule has 0 aliphatic carbocycles. The lowest BCUT2D eigenvalue weighted by molar-refractivity contribution is 0.210. The number of benzene rings is 1. The molecule has 102 valence electrons. The maximum absolute atomic E-state index is 8.95. The van der Waals surface area contributed by atoms with E-state index in [2.05, 4.69) is 26.9 Å². The van der Waals surface area contributed by atoms with E-state index in [1.165, 1.54) is 18.4 Å². The molecule has 0 amide bonds. The average molecular weight is 323 g/mol. The van der Waals surface area contributed by atoms with E-state index < -0.39 is 0 Å². The van der Waals surface area contributed by atoms with Gasteiger partial charge in [0, 0.05) is 23.7 Å². The van der Waals surface area contributed by atoms with E-state index in [-0.39, 0.29) is 6.61 Å². The Labute approximate surface area is 123 Å². The number of rotatable bonds is 5. The first-order chi connectivity index (χ1) is 9.24. The van der Waals surface area contributed by atoms with Gasteiger partial charge in [0.05, 0.1) is 11.6 Å². The Bertz CT molecular complexity index is 470. The summed E-state index contributed by atoms with van der Waals surface area (Å²) in [6, 6.07) is 8.54. The van der Waals surface area contributed by atoms with E-state index in [1.807, 2.05) is 18.2 Å². The van der Waals surface area contributed by atoms with Crippen LogP contribution in [-0.2, 0) is 6.54 Å². The number of hydrogen-bond donors (Lipinski definition) is 1. The van der Waals surface area contributed by atoms with Gasteiger partial charge in [0.2, 0.25) is 0 Å². The first-order valence-electron chi connectivity index (χ1n) is 6.78. The summed E-state index contributed by atoms with van der Waals surface area (Å²) in [5.74, 6) is 0. The molecule has 1 N–H and O–H groups in total. The maximum atomic E-state index is 8.95. The van der Waals surface area contributed by atoms with Crippen LogP contribution in [0.25, 0.3) is 0 Å². The van der Waals surface area contributed by atoms with Crippen LogP contribution in [0.1, 0.15) is 36.8 Å². The third-order valence-corrected chi connectivity index (χ3v) is 4.49. The number of nitriles is 1. The molecule has 1 aliphatic rings. The molecule has 1 aliphatic heterocycles. The summed E-state index contributed by atoms with van der Waals surface area (Å²) < 4.78 is 1.01. The summed E-state index contributed by atoms with van der Waals surface area (Å²) in [5.41, 5.74) is 1.92. The number of likely N-dealkylation sites (tertiary alicyclic amines) is 1. The monoisotopic (exact) mass is 322 g/mol. The Balaban J connectivity index is 2.02. The van der Waals surface area contributed by atoms with Gasteiger partial charge in [0.25, 0.3) is 0 Å². The molecule has 0 aromatic heterocycles. The van der Waals surface area contributed by atoms with Crippen LogP contribution in [0.5, 0.6) is 0 Å². The molecule has 0 bridgehead atoms. The lowest BCUT2D eigenvalue weighted by Gasteiger charge is -2.24. The molecule has 0 unspecified atom stereocenters. The predicted octanol–water partition coefficient (Wildman–Crippen LogP) is 3.06. The fourth-order valence-corrected chi connectivity index (χ4v) is 3.23. The second-order valence-corrected chi connectivity index (χ2v) is 5.90. The second-order valence-electron chi connectivity index (χ2n) is 5.05. The smallest absolute Gasteiger partial charge is 0.0992 e. The van der Waals surface area contributed by atoms with E-state index in [4.69, 9.17) is 10.4 Å². The van der Waals surface area contributed by atoms with Crippen molar-refractivity contribution >= 4 is 15.9 Å². The Hall–Kier alpha value is -0.890. The lowest BCUT2D eigenvalue weighted by Crippen LogP contribution is -2.29. The highest BCUT2D eigenvalue weighted by molar-refractivity contribution is 9.10. The summed E-state index contributed by atoms with van der Waals surface area (Å²) in [6.07, 6.45) is 4.43. The number of halogens is 1. The third-order valence-electron chi connectivity index (χ3n) is 3.75. The van der Waals surface area contributed by atoms with Gasteiger partial charge in [-0.2, -0.15) is 5.26 Å². The zero-order chi connectivity index (χ0) is 13.7. The van der Waals surface area contributed by atoms with E-state index >= 15 is 0 Å². The van der Waals surface area contributed by atoms with Crippen molar-refractivity contribution in [1.82, 2.24) is 4.90 Å². The van der Waals surface area contributed by atoms with Crippen molar-refractivity contribution in [3.05, 3.63) is 33.8 Å². The molecule has 3 nitrogen and oxygen atoms in total. The van der Waals surface area contributed by atoms with Crippen LogP contribution in [0.3, 0.4) is 0 Å². The highest BCUT2D eigenvalue weighted by atomic mass is 79.9. The topological polar surface area (TPSA) is 47.3 Å². The van der Waals surface area contributed by atoms with Gasteiger partial charge in [0.15, 0.2) is 0 Å². The Morgan fingerprint density at radius 2 is 2.32 bits per heavy atom. The molecule has 1 heterocycles. The number of aliphatic hydroxyl groups is 1. The predicted molar refractivity (Wildman–Crippen MR) is 78.6 cm³/mol. The highest BCUT2D eigenvalue weighted by Gasteiger charge is 2.24. The van der Waals surface area contributed by atoms with E-state index in [0.717, 1.165) is 30.4 Å². The summed E-state index contributed by atoms with van der Waals surface area (Å²) in [7, 11) is 0. The molecular weight excluding hydrogens is 304 g/mol. The lowest BCUT2D eigenvalue weighted by atomic mass is 10.1. The summed E-state index contributed by atoms with van der Waals surface area (Å²) in [6.45, 7) is 2.33. The van der Waals surface area contributed by atoms with Crippen molar-refractivity contribution < 1.29 is 5.11 Å². The quantitative estimate of drug-likeness (QED) is 0.906. The van der Waals surface area contributed by atoms with Crippen LogP contribution < -0.4 is 0 Å². The van der Waals surface area contributed by atoms with Gasteiger partial charge in [-0.1, -0.05) is 22.0 Å². The first kappa shape index (κ1) is 14.5. The minimum absolute atomic E-state index is 0.283. The van der Waals surface area contributed by atoms with Gasteiger partial charge in [-0.15, -0.1) is 0 Å². The molecular formula is C15H19BrN2O. The van der Waals surface area contributed by atoms with Crippen molar-refractivity contribution in [2.24, 2.45) is 0 Å². The third kappa shape index (κ3) is 3.79. The van der Waals surface area contributed by atoms with Gasteiger partial charge < -0.3 is 5.11 Å². The average Bonchev–Trinajstić information content (AvgIpc) is 2.86. The van der Waals surface area contributed by atoms with Crippen LogP contribution in [0.2, 0.25) is 0 Å². The number of hydrogen-bond acceptors (Lipinski definition) is 3. The number of nitrogens with zero attached hydrogens (tertiary/aromatic N) is 2. The molecule has 1 atom stereocenters. The zero-order valence-corrected chi connectivity index (χ0v) is 12.6. The summed E-state index contributed by atoms with van der Waals surface area (Å²) in [4.78, 5) is 2.49. The molecule has 0 spiro atoms. The van der Waals surface area contributed by atoms with Crippen molar-refractivity contribution in [2.45, 2.75) is 38.3 Å². The molecule has 1 saturated heterocycles. The molecule has 19 heavy (non-hydrogen) atoms. The Kier molecular flexibility index (Phi) is 5.38. The van der Waals surface area contributed by atoms with Crippen LogP contribution in [0, 0.1) is 11.3 Å². The highest BCUT2D eigenvalue weighted by Crippen LogP contribution is 2.26. The Morgan fingerprint density at radius 3 is 3.00 bits per heavy atom. The van der Waals surface area contributed by atoms with E-state index in [0.29, 0.717) is 11.6 Å². The molecule has 2 rings (SSSR count). The first-order valence-corrected chi connectivity index (χ1v) is 7.57. The molecule has 0 radical (unpaired) electrons. The van der Waals surface area contributed by atoms with Gasteiger partial charge in [-0.05, 0) is 49.9 Å². The summed E-state index contributed by atoms with van der Waals surface area (Å²) in [5, 5.41) is 17.8. The Morgan fingerprint density at radius 1 is 1.47 bits per heavy atom. The van der Waals surface area contributed by atoms with Gasteiger partial charge in [-0.3, -0.25) is 4.90 Å². The van der Waals surface area contributed by atoms with Crippen LogP contribution in [0.15, 0.2) is 22.7 Å². The fraction of sp³-hybridized carbons (Fsp3) is 0.533. The maximum Gasteiger partial charge on any atom is 0.0992 e. The van der Waals surface area contributed by atoms with Gasteiger partial charge in [-0.25, -0.2) is 0 Å². The molecule has 1 fully saturated rings. The minimum Gasteiger partial charge on any atom is -0.396 e. The minimum atomic E-state index is 0.283. The van der Waals surface area contributed by atoms with E-state index in [9.17, 15) is 0 Å². The molecule has 1 aromatic rings. The van der Waals surface area contributed by atoms with Crippen molar-refractivity contribution in [3.8, 4) is 6.07 Å². The normalized spacial score (nSPS) is 19.5. The van der Waals surface area contributed by atoms with Gasteiger partial charge >= 0.3 is 0 Å². The van der Waals surface area contributed by atoms with Crippen LogP contribution in [0.4, 0.5) is 0 Å². The van der Waals surface area contributed by atoms with E-state index in [1.54, 1.807) is 0 Å². The molecule has 0 saturated carbocycles. The standard InChI is InChI=1S/C15H19BrN2O/c16-15-9-12(10-17)5-6-13(15)11-18-7-1-3-14(18)4-2-8-19/h5-6,9,14,19H,1-4,7-8,11H2/t14-/m0/s1. The largest absolute Gasteiger partial charge is 0.396 e. The van der Waals surface area contributed by atoms with Crippen molar-refractivity contribution in [2.75, 3.05) is 13.2 Å². The van der Waals surface area contributed by atoms with Crippen LogP contribution >= 0.6 is 15.9 Å². The van der Waals surface area contributed by atoms with Crippen molar-refractivity contribution in [3.63, 3.8) is 0 Å². The van der Waals surface area contributed by atoms with Gasteiger partial charge in [0.1, 0.15) is 0 Å². The fourth-order valence-electron chi connectivity index (χ4n) is 2.72. The second kappa shape index (κ2) is 7.04. The zero-order valence-electron chi connectivity index (χ0n) is 11.0. The van der Waals surface area contributed by atoms with Crippen LogP contribution in [-0.4, -0.2) is 29.2 Å². The molecule has 4 heteroatoms. The van der Waals surface area contributed by atoms with Crippen molar-refractivity contribution in [1.29, 1.82) is 5.26 Å². The summed E-state index contributed by atoms with van der Waals surface area (Å²) >= 11 is 3.55. The SMILES string of the molecule is N#Cc1ccc(CN2CCC[C@H]2CCCO)c(Br)c1. The number of aliphatic hydroxyl groups excluding tert-OH is 1.